The van der Waals surface area contributed by atoms with Gasteiger partial charge in [0, 0.05) is 31.8 Å². The Hall–Kier alpha value is -2.27. The Morgan fingerprint density at radius 1 is 1.24 bits per heavy atom. The van der Waals surface area contributed by atoms with Crippen LogP contribution in [-0.2, 0) is 4.79 Å². The molecule has 160 valence electrons. The predicted molar refractivity (Wildman–Crippen MR) is 119 cm³/mol. The number of nitrogens with zero attached hydrogens (tertiary/aromatic N) is 1. The second-order valence-corrected chi connectivity index (χ2v) is 7.81. The Bertz CT molecular complexity index is 700. The molecule has 1 aromatic rings. The summed E-state index contributed by atoms with van der Waals surface area (Å²) in [4.78, 5) is 14.7. The zero-order valence-corrected chi connectivity index (χ0v) is 18.4. The van der Waals surface area contributed by atoms with Crippen LogP contribution in [0.2, 0.25) is 0 Å². The molecule has 2 rings (SSSR count). The number of ether oxygens (including phenoxy) is 2. The molecule has 1 N–H and O–H groups in total. The van der Waals surface area contributed by atoms with Gasteiger partial charge in [-0.25, -0.2) is 0 Å². The summed E-state index contributed by atoms with van der Waals surface area (Å²) in [5.74, 6) is 1.38. The van der Waals surface area contributed by atoms with Crippen LogP contribution in [0, 0.1) is 0 Å². The zero-order chi connectivity index (χ0) is 21.1. The van der Waals surface area contributed by atoms with Crippen LogP contribution in [0.4, 0.5) is 0 Å². The summed E-state index contributed by atoms with van der Waals surface area (Å²) in [6.45, 7) is 10.1. The lowest BCUT2D eigenvalue weighted by molar-refractivity contribution is -0.117. The van der Waals surface area contributed by atoms with Gasteiger partial charge in [-0.05, 0) is 56.9 Å². The summed E-state index contributed by atoms with van der Waals surface area (Å²) in [7, 11) is 1.63. The number of amides is 1. The monoisotopic (exact) mass is 400 g/mol. The molecule has 1 aliphatic heterocycles. The molecule has 0 unspecified atom stereocenters. The maximum atomic E-state index is 12.3. The number of rotatable bonds is 10. The highest BCUT2D eigenvalue weighted by molar-refractivity contribution is 5.92. The molecule has 0 aliphatic carbocycles. The first-order chi connectivity index (χ1) is 14.0. The van der Waals surface area contributed by atoms with Gasteiger partial charge in [0.1, 0.15) is 0 Å². The zero-order valence-electron chi connectivity index (χ0n) is 18.4. The maximum absolute atomic E-state index is 12.3. The van der Waals surface area contributed by atoms with E-state index < -0.39 is 0 Å². The van der Waals surface area contributed by atoms with Crippen LogP contribution in [-0.4, -0.2) is 50.2 Å². The SMILES string of the molecule is CCCCOc1ccc(/C=C/C(=O)NC2CCN(CC=C(C)C)CC2)cc1OC. The molecule has 1 amide bonds. The van der Waals surface area contributed by atoms with E-state index in [2.05, 4.69) is 37.1 Å². The van der Waals surface area contributed by atoms with Crippen molar-refractivity contribution in [3.8, 4) is 11.5 Å². The molecule has 5 heteroatoms. The van der Waals surface area contributed by atoms with E-state index in [-0.39, 0.29) is 11.9 Å². The Morgan fingerprint density at radius 2 is 2.00 bits per heavy atom. The number of hydrogen-bond acceptors (Lipinski definition) is 4. The van der Waals surface area contributed by atoms with E-state index in [1.54, 1.807) is 13.2 Å². The van der Waals surface area contributed by atoms with Crippen molar-refractivity contribution in [3.63, 3.8) is 0 Å². The van der Waals surface area contributed by atoms with Gasteiger partial charge in [-0.3, -0.25) is 9.69 Å². The number of likely N-dealkylation sites (tertiary alicyclic amines) is 1. The minimum atomic E-state index is -0.0463. The maximum Gasteiger partial charge on any atom is 0.244 e. The van der Waals surface area contributed by atoms with E-state index in [4.69, 9.17) is 9.47 Å². The number of allylic oxidation sites excluding steroid dienone is 1. The van der Waals surface area contributed by atoms with Crippen molar-refractivity contribution in [1.29, 1.82) is 0 Å². The van der Waals surface area contributed by atoms with Crippen LogP contribution in [0.1, 0.15) is 52.0 Å². The first-order valence-corrected chi connectivity index (χ1v) is 10.7. The molecule has 1 fully saturated rings. The third kappa shape index (κ3) is 8.32. The second-order valence-electron chi connectivity index (χ2n) is 7.81. The third-order valence-corrected chi connectivity index (χ3v) is 5.06. The summed E-state index contributed by atoms with van der Waals surface area (Å²) < 4.78 is 11.2. The molecule has 0 radical (unpaired) electrons. The molecule has 0 saturated carbocycles. The number of hydrogen-bond donors (Lipinski definition) is 1. The van der Waals surface area contributed by atoms with E-state index >= 15 is 0 Å². The number of piperidine rings is 1. The number of nitrogens with one attached hydrogen (secondary N) is 1. The largest absolute Gasteiger partial charge is 0.493 e. The molecule has 0 spiro atoms. The van der Waals surface area contributed by atoms with Crippen molar-refractivity contribution in [2.45, 2.75) is 52.5 Å². The molecule has 5 nitrogen and oxygen atoms in total. The van der Waals surface area contributed by atoms with Crippen molar-refractivity contribution >= 4 is 12.0 Å². The minimum Gasteiger partial charge on any atom is -0.493 e. The van der Waals surface area contributed by atoms with Gasteiger partial charge in [0.05, 0.1) is 13.7 Å². The standard InChI is InChI=1S/C24H36N2O3/c1-5-6-17-29-22-9-7-20(18-23(22)28-4)8-10-24(27)25-21-12-15-26(16-13-21)14-11-19(2)3/h7-11,18,21H,5-6,12-17H2,1-4H3,(H,25,27)/b10-8+. The quantitative estimate of drug-likeness (QED) is 0.358. The van der Waals surface area contributed by atoms with Gasteiger partial charge in [0.2, 0.25) is 5.91 Å². The van der Waals surface area contributed by atoms with Crippen molar-refractivity contribution < 1.29 is 14.3 Å². The van der Waals surface area contributed by atoms with Crippen molar-refractivity contribution in [2.75, 3.05) is 33.4 Å². The summed E-state index contributed by atoms with van der Waals surface area (Å²) >= 11 is 0. The second kappa shape index (κ2) is 12.3. The predicted octanol–water partition coefficient (Wildman–Crippen LogP) is 4.43. The van der Waals surface area contributed by atoms with Gasteiger partial charge < -0.3 is 14.8 Å². The van der Waals surface area contributed by atoms with E-state index in [9.17, 15) is 4.79 Å². The molecular weight excluding hydrogens is 364 g/mol. The third-order valence-electron chi connectivity index (χ3n) is 5.06. The highest BCUT2D eigenvalue weighted by atomic mass is 16.5. The minimum absolute atomic E-state index is 0.0463. The Balaban J connectivity index is 1.82. The van der Waals surface area contributed by atoms with Gasteiger partial charge in [-0.2, -0.15) is 0 Å². The molecule has 1 aromatic carbocycles. The van der Waals surface area contributed by atoms with E-state index in [1.807, 2.05) is 24.3 Å². The molecule has 1 aliphatic rings. The van der Waals surface area contributed by atoms with Crippen molar-refractivity contribution in [1.82, 2.24) is 10.2 Å². The van der Waals surface area contributed by atoms with Gasteiger partial charge >= 0.3 is 0 Å². The number of methoxy groups -OCH3 is 1. The van der Waals surface area contributed by atoms with Crippen LogP contribution in [0.5, 0.6) is 11.5 Å². The smallest absolute Gasteiger partial charge is 0.244 e. The average molecular weight is 401 g/mol. The number of benzene rings is 1. The topological polar surface area (TPSA) is 50.8 Å². The van der Waals surface area contributed by atoms with Crippen LogP contribution in [0.15, 0.2) is 35.9 Å². The lowest BCUT2D eigenvalue weighted by Crippen LogP contribution is -2.44. The van der Waals surface area contributed by atoms with E-state index in [0.717, 1.165) is 56.6 Å². The summed E-state index contributed by atoms with van der Waals surface area (Å²) in [6, 6.07) is 5.98. The highest BCUT2D eigenvalue weighted by Gasteiger charge is 2.19. The Labute approximate surface area is 175 Å². The number of unbranched alkanes of at least 4 members (excludes halogenated alkanes) is 1. The van der Waals surface area contributed by atoms with E-state index in [0.29, 0.717) is 12.4 Å². The average Bonchev–Trinajstić information content (AvgIpc) is 2.72. The molecule has 0 bridgehead atoms. The van der Waals surface area contributed by atoms with Crippen LogP contribution < -0.4 is 14.8 Å². The molecule has 29 heavy (non-hydrogen) atoms. The van der Waals surface area contributed by atoms with Crippen molar-refractivity contribution in [3.05, 3.63) is 41.5 Å². The first-order valence-electron chi connectivity index (χ1n) is 10.7. The Morgan fingerprint density at radius 3 is 2.66 bits per heavy atom. The molecule has 0 aromatic heterocycles. The van der Waals surface area contributed by atoms with Gasteiger partial charge in [-0.1, -0.05) is 31.1 Å². The molecular formula is C24H36N2O3. The van der Waals surface area contributed by atoms with Crippen LogP contribution in [0.3, 0.4) is 0 Å². The normalized spacial score (nSPS) is 15.3. The van der Waals surface area contributed by atoms with Gasteiger partial charge in [0.25, 0.3) is 0 Å². The highest BCUT2D eigenvalue weighted by Crippen LogP contribution is 2.28. The fourth-order valence-electron chi connectivity index (χ4n) is 3.23. The summed E-state index contributed by atoms with van der Waals surface area (Å²) in [5, 5.41) is 3.13. The summed E-state index contributed by atoms with van der Waals surface area (Å²) in [6.07, 6.45) is 9.77. The van der Waals surface area contributed by atoms with E-state index in [1.165, 1.54) is 5.57 Å². The van der Waals surface area contributed by atoms with Crippen molar-refractivity contribution in [2.24, 2.45) is 0 Å². The van der Waals surface area contributed by atoms with Gasteiger partial charge in [-0.15, -0.1) is 0 Å². The van der Waals surface area contributed by atoms with Crippen LogP contribution in [0.25, 0.3) is 6.08 Å². The Kier molecular flexibility index (Phi) is 9.78. The number of carbonyl (C=O) groups is 1. The first kappa shape index (κ1) is 23.0. The molecule has 1 heterocycles. The van der Waals surface area contributed by atoms with Gasteiger partial charge in [0.15, 0.2) is 11.5 Å². The summed E-state index contributed by atoms with van der Waals surface area (Å²) in [5.41, 5.74) is 2.26. The lowest BCUT2D eigenvalue weighted by Gasteiger charge is -2.31. The lowest BCUT2D eigenvalue weighted by atomic mass is 10.0. The number of carbonyl (C=O) groups excluding carboxylic acids is 1. The van der Waals surface area contributed by atoms with Crippen LogP contribution >= 0.6 is 0 Å². The molecule has 1 saturated heterocycles. The fraction of sp³-hybridized carbons (Fsp3) is 0.542. The fourth-order valence-corrected chi connectivity index (χ4v) is 3.23. The molecule has 0 atom stereocenters.